The highest BCUT2D eigenvalue weighted by Gasteiger charge is 2.23. The Morgan fingerprint density at radius 3 is 2.60 bits per heavy atom. The zero-order valence-corrected chi connectivity index (χ0v) is 12.7. The molecule has 0 amide bonds. The highest BCUT2D eigenvalue weighted by atomic mass is 35.5. The van der Waals surface area contributed by atoms with Crippen molar-refractivity contribution in [3.63, 3.8) is 0 Å². The number of hydrogen-bond acceptors (Lipinski definition) is 1. The van der Waals surface area contributed by atoms with Crippen LogP contribution in [-0.2, 0) is 18.4 Å². The van der Waals surface area contributed by atoms with E-state index in [2.05, 4.69) is 18.2 Å². The van der Waals surface area contributed by atoms with Gasteiger partial charge in [-0.15, -0.1) is 0 Å². The van der Waals surface area contributed by atoms with Gasteiger partial charge in [-0.05, 0) is 73.1 Å². The molecular formula is C18H19ClO. The van der Waals surface area contributed by atoms with Crippen LogP contribution >= 0.6 is 11.6 Å². The molecule has 0 aliphatic heterocycles. The Bertz CT molecular complexity index is 653. The number of benzene rings is 2. The van der Waals surface area contributed by atoms with Gasteiger partial charge in [-0.1, -0.05) is 35.9 Å². The summed E-state index contributed by atoms with van der Waals surface area (Å²) in [5.74, 6) is 0. The molecule has 1 aliphatic rings. The lowest BCUT2D eigenvalue weighted by Crippen LogP contribution is -2.17. The minimum atomic E-state index is -0.874. The van der Waals surface area contributed by atoms with Gasteiger partial charge in [0.2, 0.25) is 0 Å². The summed E-state index contributed by atoms with van der Waals surface area (Å²) in [4.78, 5) is 0. The van der Waals surface area contributed by atoms with Crippen molar-refractivity contribution in [3.05, 3.63) is 58.1 Å². The van der Waals surface area contributed by atoms with Crippen molar-refractivity contribution in [1.82, 2.24) is 0 Å². The molecule has 1 aliphatic carbocycles. The van der Waals surface area contributed by atoms with Crippen LogP contribution in [0.5, 0.6) is 0 Å². The molecule has 3 rings (SSSR count). The third kappa shape index (κ3) is 2.36. The Morgan fingerprint density at radius 2 is 1.85 bits per heavy atom. The maximum Gasteiger partial charge on any atom is 0.0846 e. The van der Waals surface area contributed by atoms with Gasteiger partial charge in [0.15, 0.2) is 0 Å². The van der Waals surface area contributed by atoms with Crippen molar-refractivity contribution in [3.8, 4) is 11.1 Å². The SMILES string of the molecule is CC(C)(O)c1ccc(Cl)cc1-c1cccc2c1CCC2. The molecular weight excluding hydrogens is 268 g/mol. The molecule has 0 fully saturated rings. The molecule has 104 valence electrons. The first-order valence-electron chi connectivity index (χ1n) is 7.10. The molecule has 2 heteroatoms. The van der Waals surface area contributed by atoms with Crippen LogP contribution in [0.3, 0.4) is 0 Å². The molecule has 20 heavy (non-hydrogen) atoms. The fourth-order valence-corrected chi connectivity index (χ4v) is 3.32. The summed E-state index contributed by atoms with van der Waals surface area (Å²) in [5, 5.41) is 11.1. The van der Waals surface area contributed by atoms with Gasteiger partial charge in [-0.3, -0.25) is 0 Å². The predicted octanol–water partition coefficient (Wildman–Crippen LogP) is 4.72. The molecule has 2 aromatic carbocycles. The summed E-state index contributed by atoms with van der Waals surface area (Å²) in [6.45, 7) is 3.64. The summed E-state index contributed by atoms with van der Waals surface area (Å²) in [5.41, 5.74) is 5.19. The van der Waals surface area contributed by atoms with Crippen molar-refractivity contribution in [2.75, 3.05) is 0 Å². The zero-order chi connectivity index (χ0) is 14.3. The average molecular weight is 287 g/mol. The van der Waals surface area contributed by atoms with Crippen molar-refractivity contribution >= 4 is 11.6 Å². The molecule has 0 heterocycles. The van der Waals surface area contributed by atoms with Gasteiger partial charge < -0.3 is 5.11 Å². The summed E-state index contributed by atoms with van der Waals surface area (Å²) < 4.78 is 0. The summed E-state index contributed by atoms with van der Waals surface area (Å²) in [6.07, 6.45) is 3.48. The van der Waals surface area contributed by atoms with Crippen LogP contribution in [0.15, 0.2) is 36.4 Å². The van der Waals surface area contributed by atoms with Gasteiger partial charge in [0.05, 0.1) is 5.60 Å². The largest absolute Gasteiger partial charge is 0.386 e. The molecule has 0 bridgehead atoms. The zero-order valence-electron chi connectivity index (χ0n) is 11.9. The van der Waals surface area contributed by atoms with E-state index in [9.17, 15) is 5.11 Å². The minimum Gasteiger partial charge on any atom is -0.386 e. The van der Waals surface area contributed by atoms with Crippen LogP contribution in [0.1, 0.15) is 37.0 Å². The molecule has 0 saturated heterocycles. The molecule has 0 aromatic heterocycles. The Kier molecular flexibility index (Phi) is 3.35. The van der Waals surface area contributed by atoms with Gasteiger partial charge >= 0.3 is 0 Å². The summed E-state index contributed by atoms with van der Waals surface area (Å²) in [7, 11) is 0. The smallest absolute Gasteiger partial charge is 0.0846 e. The van der Waals surface area contributed by atoms with E-state index in [1.54, 1.807) is 0 Å². The van der Waals surface area contributed by atoms with Crippen LogP contribution in [0.2, 0.25) is 5.02 Å². The van der Waals surface area contributed by atoms with E-state index in [0.29, 0.717) is 5.02 Å². The van der Waals surface area contributed by atoms with E-state index in [1.807, 2.05) is 32.0 Å². The topological polar surface area (TPSA) is 20.2 Å². The number of rotatable bonds is 2. The van der Waals surface area contributed by atoms with E-state index in [1.165, 1.54) is 23.1 Å². The lowest BCUT2D eigenvalue weighted by molar-refractivity contribution is 0.0792. The fraction of sp³-hybridized carbons (Fsp3) is 0.333. The van der Waals surface area contributed by atoms with Gasteiger partial charge in [-0.2, -0.15) is 0 Å². The second-order valence-electron chi connectivity index (χ2n) is 6.05. The first kappa shape index (κ1) is 13.7. The Labute approximate surface area is 125 Å². The van der Waals surface area contributed by atoms with Crippen LogP contribution < -0.4 is 0 Å². The van der Waals surface area contributed by atoms with E-state index in [-0.39, 0.29) is 0 Å². The normalized spacial score (nSPS) is 14.4. The van der Waals surface area contributed by atoms with Crippen LogP contribution in [0, 0.1) is 0 Å². The molecule has 2 aromatic rings. The number of aliphatic hydroxyl groups is 1. The molecule has 0 saturated carbocycles. The predicted molar refractivity (Wildman–Crippen MR) is 84.2 cm³/mol. The van der Waals surface area contributed by atoms with Crippen LogP contribution in [0.4, 0.5) is 0 Å². The molecule has 0 unspecified atom stereocenters. The van der Waals surface area contributed by atoms with E-state index in [4.69, 9.17) is 11.6 Å². The number of hydrogen-bond donors (Lipinski definition) is 1. The summed E-state index contributed by atoms with van der Waals surface area (Å²) in [6, 6.07) is 12.2. The van der Waals surface area contributed by atoms with Crippen molar-refractivity contribution in [2.45, 2.75) is 38.7 Å². The third-order valence-electron chi connectivity index (χ3n) is 4.08. The van der Waals surface area contributed by atoms with Gasteiger partial charge in [-0.25, -0.2) is 0 Å². The highest BCUT2D eigenvalue weighted by molar-refractivity contribution is 6.30. The van der Waals surface area contributed by atoms with Crippen LogP contribution in [-0.4, -0.2) is 5.11 Å². The van der Waals surface area contributed by atoms with Crippen LogP contribution in [0.25, 0.3) is 11.1 Å². The Morgan fingerprint density at radius 1 is 1.05 bits per heavy atom. The summed E-state index contributed by atoms with van der Waals surface area (Å²) >= 11 is 6.19. The molecule has 0 atom stereocenters. The maximum atomic E-state index is 10.4. The first-order valence-corrected chi connectivity index (χ1v) is 7.48. The number of fused-ring (bicyclic) bond motifs is 1. The average Bonchev–Trinajstić information content (AvgIpc) is 2.85. The van der Waals surface area contributed by atoms with Crippen molar-refractivity contribution in [2.24, 2.45) is 0 Å². The number of aryl methyl sites for hydroxylation is 1. The molecule has 0 radical (unpaired) electrons. The lowest BCUT2D eigenvalue weighted by atomic mass is 9.87. The van der Waals surface area contributed by atoms with E-state index in [0.717, 1.165) is 24.0 Å². The van der Waals surface area contributed by atoms with Gasteiger partial charge in [0, 0.05) is 5.02 Å². The minimum absolute atomic E-state index is 0.712. The maximum absolute atomic E-state index is 10.4. The third-order valence-corrected chi connectivity index (χ3v) is 4.31. The number of halogens is 1. The first-order chi connectivity index (χ1) is 9.47. The Balaban J connectivity index is 2.25. The quantitative estimate of drug-likeness (QED) is 0.847. The highest BCUT2D eigenvalue weighted by Crippen LogP contribution is 2.38. The molecule has 1 N–H and O–H groups in total. The van der Waals surface area contributed by atoms with E-state index < -0.39 is 5.60 Å². The van der Waals surface area contributed by atoms with E-state index >= 15 is 0 Å². The molecule has 1 nitrogen and oxygen atoms in total. The fourth-order valence-electron chi connectivity index (χ4n) is 3.14. The van der Waals surface area contributed by atoms with Gasteiger partial charge in [0.1, 0.15) is 0 Å². The van der Waals surface area contributed by atoms with Crippen molar-refractivity contribution in [1.29, 1.82) is 0 Å². The second kappa shape index (κ2) is 4.91. The monoisotopic (exact) mass is 286 g/mol. The second-order valence-corrected chi connectivity index (χ2v) is 6.48. The Hall–Kier alpha value is -1.31. The standard InChI is InChI=1S/C18H19ClO/c1-18(2,20)17-10-9-13(19)11-16(17)15-8-4-6-12-5-3-7-14(12)15/h4,6,8-11,20H,3,5,7H2,1-2H3. The van der Waals surface area contributed by atoms with Gasteiger partial charge in [0.25, 0.3) is 0 Å². The molecule has 0 spiro atoms. The lowest BCUT2D eigenvalue weighted by Gasteiger charge is -2.23. The van der Waals surface area contributed by atoms with Crippen molar-refractivity contribution < 1.29 is 5.11 Å².